The average Bonchev–Trinajstić information content (AvgIpc) is 2.27. The molecule has 0 saturated heterocycles. The maximum absolute atomic E-state index is 5.59. The van der Waals surface area contributed by atoms with Crippen LogP contribution in [0, 0.1) is 6.48 Å². The molecule has 0 heterocycles. The summed E-state index contributed by atoms with van der Waals surface area (Å²) in [5.41, 5.74) is 0.597. The van der Waals surface area contributed by atoms with Crippen LogP contribution in [0.25, 0.3) is 0 Å². The third-order valence-electron chi connectivity index (χ3n) is 2.14. The summed E-state index contributed by atoms with van der Waals surface area (Å²) in [7, 11) is 3.03. The molecule has 0 spiro atoms. The van der Waals surface area contributed by atoms with Crippen molar-refractivity contribution in [1.29, 1.82) is 0 Å². The fourth-order valence-electron chi connectivity index (χ4n) is 1.27. The molecule has 3 heteroatoms. The molecule has 0 aliphatic carbocycles. The van der Waals surface area contributed by atoms with Crippen molar-refractivity contribution in [1.82, 2.24) is 0 Å². The van der Waals surface area contributed by atoms with Crippen molar-refractivity contribution < 1.29 is 14.2 Å². The summed E-state index contributed by atoms with van der Waals surface area (Å²) in [6, 6.07) is 9.92. The van der Waals surface area contributed by atoms with Crippen molar-refractivity contribution in [3.63, 3.8) is 0 Å². The Labute approximate surface area is 91.0 Å². The van der Waals surface area contributed by atoms with E-state index >= 15 is 0 Å². The summed E-state index contributed by atoms with van der Waals surface area (Å²) in [5, 5.41) is 0. The van der Waals surface area contributed by atoms with Crippen molar-refractivity contribution in [2.24, 2.45) is 0 Å². The molecule has 0 amide bonds. The third kappa shape index (κ3) is 3.30. The van der Waals surface area contributed by atoms with Gasteiger partial charge in [-0.2, -0.15) is 0 Å². The molecule has 0 atom stereocenters. The SMILES string of the molecule is CO[C](OC)OC(C)(C)c1ccccc1. The van der Waals surface area contributed by atoms with Gasteiger partial charge in [-0.05, 0) is 19.4 Å². The Kier molecular flexibility index (Phi) is 4.27. The van der Waals surface area contributed by atoms with E-state index in [1.54, 1.807) is 0 Å². The van der Waals surface area contributed by atoms with Gasteiger partial charge < -0.3 is 14.2 Å². The number of benzene rings is 1. The van der Waals surface area contributed by atoms with Crippen molar-refractivity contribution >= 4 is 0 Å². The first-order valence-corrected chi connectivity index (χ1v) is 4.79. The van der Waals surface area contributed by atoms with E-state index in [0.717, 1.165) is 5.56 Å². The molecule has 0 aromatic heterocycles. The molecule has 1 aromatic carbocycles. The highest BCUT2D eigenvalue weighted by Gasteiger charge is 2.27. The normalized spacial score (nSPS) is 12.1. The maximum Gasteiger partial charge on any atom is 0.370 e. The van der Waals surface area contributed by atoms with E-state index in [0.29, 0.717) is 0 Å². The molecule has 3 nitrogen and oxygen atoms in total. The lowest BCUT2D eigenvalue weighted by molar-refractivity contribution is -0.212. The quantitative estimate of drug-likeness (QED) is 0.746. The molecule has 0 aliphatic heterocycles. The Morgan fingerprint density at radius 2 is 1.53 bits per heavy atom. The monoisotopic (exact) mass is 209 g/mol. The first-order valence-electron chi connectivity index (χ1n) is 4.79. The molecule has 0 fully saturated rings. The minimum Gasteiger partial charge on any atom is -0.324 e. The number of ether oxygens (including phenoxy) is 3. The summed E-state index contributed by atoms with van der Waals surface area (Å²) in [6.45, 7) is 4.09. The predicted octanol–water partition coefficient (Wildman–Crippen LogP) is 2.68. The summed E-state index contributed by atoms with van der Waals surface area (Å²) >= 11 is 0. The Morgan fingerprint density at radius 3 is 2.00 bits per heavy atom. The molecule has 83 valence electrons. The van der Waals surface area contributed by atoms with Gasteiger partial charge in [0, 0.05) is 14.2 Å². The van der Waals surface area contributed by atoms with Crippen molar-refractivity contribution in [3.8, 4) is 0 Å². The molecule has 1 aromatic rings. The summed E-state index contributed by atoms with van der Waals surface area (Å²) in [5.74, 6) is 0. The molecule has 1 radical (unpaired) electrons. The molecular formula is C12H17O3. The zero-order valence-corrected chi connectivity index (χ0v) is 9.61. The second-order valence-corrected chi connectivity index (χ2v) is 3.64. The van der Waals surface area contributed by atoms with Gasteiger partial charge in [0.2, 0.25) is 0 Å². The van der Waals surface area contributed by atoms with Gasteiger partial charge in [-0.25, -0.2) is 0 Å². The van der Waals surface area contributed by atoms with Crippen LogP contribution in [0.1, 0.15) is 19.4 Å². The minimum absolute atomic E-state index is 0.170. The van der Waals surface area contributed by atoms with Gasteiger partial charge in [0.15, 0.2) is 0 Å². The van der Waals surface area contributed by atoms with Crippen LogP contribution in [0.2, 0.25) is 0 Å². The Morgan fingerprint density at radius 1 is 1.00 bits per heavy atom. The largest absolute Gasteiger partial charge is 0.370 e. The number of hydrogen-bond donors (Lipinski definition) is 0. The predicted molar refractivity (Wildman–Crippen MR) is 57.8 cm³/mol. The van der Waals surface area contributed by atoms with Crippen molar-refractivity contribution in [2.75, 3.05) is 14.2 Å². The lowest BCUT2D eigenvalue weighted by atomic mass is 9.98. The zero-order valence-electron chi connectivity index (χ0n) is 9.61. The van der Waals surface area contributed by atoms with Crippen LogP contribution in [0.5, 0.6) is 0 Å². The first kappa shape index (κ1) is 12.2. The van der Waals surface area contributed by atoms with Crippen LogP contribution in [0.3, 0.4) is 0 Å². The second-order valence-electron chi connectivity index (χ2n) is 3.64. The van der Waals surface area contributed by atoms with Crippen LogP contribution < -0.4 is 0 Å². The maximum atomic E-state index is 5.59. The highest BCUT2D eigenvalue weighted by atomic mass is 16.8. The first-order chi connectivity index (χ1) is 7.10. The standard InChI is InChI=1S/C12H17O3/c1-12(2,15-11(13-3)14-4)10-8-6-5-7-9-10/h5-9H,1-4H3. The molecule has 0 aliphatic rings. The highest BCUT2D eigenvalue weighted by Crippen LogP contribution is 2.28. The molecule has 0 saturated carbocycles. The van der Waals surface area contributed by atoms with Crippen LogP contribution in [0.15, 0.2) is 30.3 Å². The molecule has 0 N–H and O–H groups in total. The summed E-state index contributed by atoms with van der Waals surface area (Å²) in [4.78, 5) is 0. The molecule has 0 bridgehead atoms. The van der Waals surface area contributed by atoms with E-state index in [9.17, 15) is 0 Å². The van der Waals surface area contributed by atoms with E-state index in [-0.39, 0.29) is 6.48 Å². The van der Waals surface area contributed by atoms with Crippen LogP contribution >= 0.6 is 0 Å². The Bertz CT molecular complexity index is 278. The van der Waals surface area contributed by atoms with Crippen LogP contribution in [-0.4, -0.2) is 14.2 Å². The minimum atomic E-state index is -0.470. The molecule has 15 heavy (non-hydrogen) atoms. The zero-order chi connectivity index (χ0) is 11.3. The third-order valence-corrected chi connectivity index (χ3v) is 2.14. The van der Waals surface area contributed by atoms with E-state index in [1.165, 1.54) is 14.2 Å². The smallest absolute Gasteiger partial charge is 0.324 e. The van der Waals surface area contributed by atoms with Crippen LogP contribution in [-0.2, 0) is 19.8 Å². The molecule has 1 rings (SSSR count). The summed E-state index contributed by atoms with van der Waals surface area (Å²) in [6.07, 6.45) is 0. The number of rotatable bonds is 5. The topological polar surface area (TPSA) is 27.7 Å². The number of hydrogen-bond acceptors (Lipinski definition) is 3. The van der Waals surface area contributed by atoms with Gasteiger partial charge in [-0.1, -0.05) is 30.3 Å². The van der Waals surface area contributed by atoms with Gasteiger partial charge in [0.05, 0.1) is 5.60 Å². The Balaban J connectivity index is 2.74. The van der Waals surface area contributed by atoms with E-state index in [1.807, 2.05) is 44.2 Å². The van der Waals surface area contributed by atoms with Gasteiger partial charge in [0.25, 0.3) is 0 Å². The molecule has 0 unspecified atom stereocenters. The highest BCUT2D eigenvalue weighted by molar-refractivity contribution is 5.20. The lowest BCUT2D eigenvalue weighted by Crippen LogP contribution is -2.26. The second kappa shape index (κ2) is 5.26. The molecular weight excluding hydrogens is 192 g/mol. The number of methoxy groups -OCH3 is 2. The average molecular weight is 209 g/mol. The summed E-state index contributed by atoms with van der Waals surface area (Å²) < 4.78 is 15.5. The van der Waals surface area contributed by atoms with E-state index < -0.39 is 5.60 Å². The van der Waals surface area contributed by atoms with Gasteiger partial charge in [-0.3, -0.25) is 0 Å². The van der Waals surface area contributed by atoms with Gasteiger partial charge >= 0.3 is 6.48 Å². The fourth-order valence-corrected chi connectivity index (χ4v) is 1.27. The van der Waals surface area contributed by atoms with E-state index in [2.05, 4.69) is 0 Å². The van der Waals surface area contributed by atoms with Gasteiger partial charge in [0.1, 0.15) is 0 Å². The van der Waals surface area contributed by atoms with Crippen LogP contribution in [0.4, 0.5) is 0 Å². The van der Waals surface area contributed by atoms with Crippen molar-refractivity contribution in [2.45, 2.75) is 19.4 Å². The lowest BCUT2D eigenvalue weighted by Gasteiger charge is -2.28. The van der Waals surface area contributed by atoms with E-state index in [4.69, 9.17) is 14.2 Å². The Hall–Kier alpha value is -0.900. The van der Waals surface area contributed by atoms with Crippen molar-refractivity contribution in [3.05, 3.63) is 42.4 Å². The fraction of sp³-hybridized carbons (Fsp3) is 0.417. The van der Waals surface area contributed by atoms with Gasteiger partial charge in [-0.15, -0.1) is 0 Å².